The molecule has 0 N–H and O–H groups in total. The minimum Gasteiger partial charge on any atom is -0.261 e. The van der Waals surface area contributed by atoms with Crippen molar-refractivity contribution < 1.29 is 0 Å². The Morgan fingerprint density at radius 1 is 1.31 bits per heavy atom. The standard InChI is InChI=1S/C11H11NS/c1-9-6-7-13-11-5-3-2-4-10(11)8-12-9/h2-6,8H,7H2,1H3/b9-6-,12-8?. The largest absolute Gasteiger partial charge is 0.261 e. The second kappa shape index (κ2) is 3.79. The highest BCUT2D eigenvalue weighted by Crippen LogP contribution is 2.23. The van der Waals surface area contributed by atoms with E-state index in [9.17, 15) is 0 Å². The van der Waals surface area contributed by atoms with Gasteiger partial charge in [-0.05, 0) is 13.0 Å². The fourth-order valence-electron chi connectivity index (χ4n) is 1.19. The Balaban J connectivity index is 2.41. The van der Waals surface area contributed by atoms with E-state index in [0.717, 1.165) is 11.4 Å². The smallest absolute Gasteiger partial charge is 0.0354 e. The van der Waals surface area contributed by atoms with Crippen molar-refractivity contribution in [2.75, 3.05) is 5.75 Å². The van der Waals surface area contributed by atoms with Crippen LogP contribution in [0.1, 0.15) is 12.5 Å². The molecule has 1 aromatic carbocycles. The zero-order chi connectivity index (χ0) is 9.10. The van der Waals surface area contributed by atoms with Crippen LogP contribution < -0.4 is 0 Å². The van der Waals surface area contributed by atoms with Gasteiger partial charge in [-0.25, -0.2) is 0 Å². The second-order valence-electron chi connectivity index (χ2n) is 2.95. The molecule has 0 spiro atoms. The van der Waals surface area contributed by atoms with Crippen molar-refractivity contribution >= 4 is 18.0 Å². The van der Waals surface area contributed by atoms with Gasteiger partial charge < -0.3 is 0 Å². The topological polar surface area (TPSA) is 12.4 Å². The number of fused-ring (bicyclic) bond motifs is 1. The Morgan fingerprint density at radius 3 is 3.08 bits per heavy atom. The van der Waals surface area contributed by atoms with Crippen LogP contribution in [0, 0.1) is 0 Å². The van der Waals surface area contributed by atoms with Gasteiger partial charge in [0.25, 0.3) is 0 Å². The molecule has 0 atom stereocenters. The predicted molar refractivity (Wildman–Crippen MR) is 58.5 cm³/mol. The number of benzene rings is 1. The Morgan fingerprint density at radius 2 is 2.15 bits per heavy atom. The minimum atomic E-state index is 1.01. The van der Waals surface area contributed by atoms with Gasteiger partial charge in [-0.3, -0.25) is 4.99 Å². The summed E-state index contributed by atoms with van der Waals surface area (Å²) in [6, 6.07) is 8.36. The van der Waals surface area contributed by atoms with Crippen molar-refractivity contribution in [1.82, 2.24) is 0 Å². The average molecular weight is 189 g/mol. The summed E-state index contributed by atoms with van der Waals surface area (Å²) in [5.74, 6) is 1.01. The quantitative estimate of drug-likeness (QED) is 0.611. The summed E-state index contributed by atoms with van der Waals surface area (Å²) in [6.45, 7) is 2.03. The second-order valence-corrected chi connectivity index (χ2v) is 4.01. The summed E-state index contributed by atoms with van der Waals surface area (Å²) in [6.07, 6.45) is 4.09. The molecule has 1 heterocycles. The van der Waals surface area contributed by atoms with E-state index < -0.39 is 0 Å². The third-order valence-electron chi connectivity index (χ3n) is 1.94. The van der Waals surface area contributed by atoms with E-state index in [1.165, 1.54) is 10.5 Å². The van der Waals surface area contributed by atoms with Crippen LogP contribution in [0.4, 0.5) is 0 Å². The molecule has 1 aliphatic heterocycles. The number of hydrogen-bond acceptors (Lipinski definition) is 2. The van der Waals surface area contributed by atoms with Crippen LogP contribution in [0.2, 0.25) is 0 Å². The molecule has 0 saturated carbocycles. The number of rotatable bonds is 0. The number of aliphatic imine (C=N–C) groups is 1. The van der Waals surface area contributed by atoms with E-state index in [-0.39, 0.29) is 0 Å². The minimum absolute atomic E-state index is 1.01. The molecule has 13 heavy (non-hydrogen) atoms. The zero-order valence-corrected chi connectivity index (χ0v) is 8.34. The van der Waals surface area contributed by atoms with Gasteiger partial charge in [0.2, 0.25) is 0 Å². The van der Waals surface area contributed by atoms with Gasteiger partial charge in [0.1, 0.15) is 0 Å². The first-order chi connectivity index (χ1) is 6.36. The monoisotopic (exact) mass is 189 g/mol. The lowest BCUT2D eigenvalue weighted by atomic mass is 10.2. The maximum absolute atomic E-state index is 4.35. The Bertz CT molecular complexity index is 366. The number of hydrogen-bond donors (Lipinski definition) is 0. The molecule has 66 valence electrons. The first kappa shape index (κ1) is 8.57. The van der Waals surface area contributed by atoms with Crippen molar-refractivity contribution in [1.29, 1.82) is 0 Å². The van der Waals surface area contributed by atoms with Crippen molar-refractivity contribution in [2.45, 2.75) is 11.8 Å². The third kappa shape index (κ3) is 2.01. The first-order valence-electron chi connectivity index (χ1n) is 4.29. The van der Waals surface area contributed by atoms with Crippen LogP contribution in [0.3, 0.4) is 0 Å². The van der Waals surface area contributed by atoms with Crippen LogP contribution in [-0.4, -0.2) is 12.0 Å². The normalized spacial score (nSPS) is 19.6. The summed E-state index contributed by atoms with van der Waals surface area (Å²) in [5, 5.41) is 0. The van der Waals surface area contributed by atoms with E-state index in [2.05, 4.69) is 29.3 Å². The summed E-state index contributed by atoms with van der Waals surface area (Å²) in [4.78, 5) is 5.66. The van der Waals surface area contributed by atoms with Gasteiger partial charge in [-0.1, -0.05) is 24.3 Å². The average Bonchev–Trinajstić information content (AvgIpc) is 2.13. The predicted octanol–water partition coefficient (Wildman–Crippen LogP) is 3.12. The van der Waals surface area contributed by atoms with Gasteiger partial charge >= 0.3 is 0 Å². The van der Waals surface area contributed by atoms with Crippen LogP contribution in [0.15, 0.2) is 45.9 Å². The van der Waals surface area contributed by atoms with Gasteiger partial charge in [-0.2, -0.15) is 0 Å². The van der Waals surface area contributed by atoms with Crippen molar-refractivity contribution in [3.8, 4) is 0 Å². The fourth-order valence-corrected chi connectivity index (χ4v) is 2.16. The van der Waals surface area contributed by atoms with E-state index in [1.807, 2.05) is 31.0 Å². The summed E-state index contributed by atoms with van der Waals surface area (Å²) in [7, 11) is 0. The summed E-state index contributed by atoms with van der Waals surface area (Å²) >= 11 is 1.86. The van der Waals surface area contributed by atoms with Gasteiger partial charge in [0.05, 0.1) is 0 Å². The lowest BCUT2D eigenvalue weighted by Crippen LogP contribution is -1.90. The van der Waals surface area contributed by atoms with Crippen molar-refractivity contribution in [3.05, 3.63) is 41.6 Å². The molecule has 0 unspecified atom stereocenters. The third-order valence-corrected chi connectivity index (χ3v) is 2.96. The Hall–Kier alpha value is -1.02. The molecule has 0 aromatic heterocycles. The maximum atomic E-state index is 4.35. The molecular weight excluding hydrogens is 178 g/mol. The number of thioether (sulfide) groups is 1. The van der Waals surface area contributed by atoms with Crippen molar-refractivity contribution in [3.63, 3.8) is 0 Å². The van der Waals surface area contributed by atoms with Crippen LogP contribution in [-0.2, 0) is 0 Å². The first-order valence-corrected chi connectivity index (χ1v) is 5.27. The lowest BCUT2D eigenvalue weighted by Gasteiger charge is -2.06. The molecule has 1 aliphatic rings. The molecule has 1 nitrogen and oxygen atoms in total. The van der Waals surface area contributed by atoms with Crippen LogP contribution >= 0.6 is 11.8 Å². The summed E-state index contributed by atoms with van der Waals surface area (Å²) in [5.41, 5.74) is 2.32. The van der Waals surface area contributed by atoms with E-state index in [4.69, 9.17) is 0 Å². The molecule has 0 saturated heterocycles. The highest BCUT2D eigenvalue weighted by atomic mass is 32.2. The maximum Gasteiger partial charge on any atom is 0.0354 e. The van der Waals surface area contributed by atoms with Gasteiger partial charge in [0, 0.05) is 28.1 Å². The number of allylic oxidation sites excluding steroid dienone is 1. The van der Waals surface area contributed by atoms with Crippen LogP contribution in [0.5, 0.6) is 0 Å². The Labute approximate surface area is 82.6 Å². The molecule has 0 aliphatic carbocycles. The molecule has 0 radical (unpaired) electrons. The molecule has 0 bridgehead atoms. The highest BCUT2D eigenvalue weighted by molar-refractivity contribution is 7.99. The Kier molecular flexibility index (Phi) is 2.50. The zero-order valence-electron chi connectivity index (χ0n) is 7.53. The molecule has 2 rings (SSSR count). The molecule has 0 fully saturated rings. The molecular formula is C11H11NS. The van der Waals surface area contributed by atoms with Gasteiger partial charge in [-0.15, -0.1) is 11.8 Å². The van der Waals surface area contributed by atoms with Crippen LogP contribution in [0.25, 0.3) is 0 Å². The van der Waals surface area contributed by atoms with E-state index >= 15 is 0 Å². The molecule has 1 aromatic rings. The van der Waals surface area contributed by atoms with E-state index in [0.29, 0.717) is 0 Å². The SMILES string of the molecule is C/C1=C/CSc2ccccc2C=N1. The highest BCUT2D eigenvalue weighted by Gasteiger charge is 2.01. The van der Waals surface area contributed by atoms with Gasteiger partial charge in [0.15, 0.2) is 0 Å². The molecule has 2 heteroatoms. The lowest BCUT2D eigenvalue weighted by molar-refractivity contribution is 1.28. The van der Waals surface area contributed by atoms with E-state index in [1.54, 1.807) is 0 Å². The fraction of sp³-hybridized carbons (Fsp3) is 0.182. The molecule has 0 amide bonds. The summed E-state index contributed by atoms with van der Waals surface area (Å²) < 4.78 is 0. The number of nitrogens with zero attached hydrogens (tertiary/aromatic N) is 1. The van der Waals surface area contributed by atoms with Crippen molar-refractivity contribution in [2.24, 2.45) is 4.99 Å².